The Morgan fingerprint density at radius 2 is 1.67 bits per heavy atom. The number of nitrogens with zero attached hydrogens (tertiary/aromatic N) is 1. The highest BCUT2D eigenvalue weighted by Gasteiger charge is 2.16. The van der Waals surface area contributed by atoms with Gasteiger partial charge in [0.1, 0.15) is 17.3 Å². The van der Waals surface area contributed by atoms with Crippen molar-refractivity contribution in [3.63, 3.8) is 0 Å². The van der Waals surface area contributed by atoms with Crippen LogP contribution in [0, 0.1) is 25.5 Å². The van der Waals surface area contributed by atoms with E-state index in [1.807, 2.05) is 26.0 Å². The van der Waals surface area contributed by atoms with Crippen LogP contribution in [0.3, 0.4) is 0 Å². The Bertz CT molecular complexity index is 916. The maximum absolute atomic E-state index is 14.0. The molecule has 0 fully saturated rings. The second-order valence-electron chi connectivity index (χ2n) is 4.97. The van der Waals surface area contributed by atoms with Crippen molar-refractivity contribution in [1.82, 2.24) is 10.2 Å². The Hall–Kier alpha value is -2.56. The number of fused-ring (bicyclic) bond motifs is 1. The van der Waals surface area contributed by atoms with Gasteiger partial charge in [0, 0.05) is 17.0 Å². The molecular formula is C16H12F2N2O. The number of halogens is 2. The summed E-state index contributed by atoms with van der Waals surface area (Å²) in [5.41, 5.74) is 1.74. The van der Waals surface area contributed by atoms with Crippen LogP contribution in [0.4, 0.5) is 8.78 Å². The third-order valence-electron chi connectivity index (χ3n) is 3.54. The molecule has 3 rings (SSSR count). The standard InChI is InChI=1S/C16H12F2N2O/c1-8-3-4-9(2)14-13(8)15(19-20-16(14)21)11-6-5-10(17)7-12(11)18/h3-7H,1-2H3,(H,20,21). The van der Waals surface area contributed by atoms with Gasteiger partial charge >= 0.3 is 0 Å². The lowest BCUT2D eigenvalue weighted by atomic mass is 9.98. The first-order valence-electron chi connectivity index (χ1n) is 6.43. The van der Waals surface area contributed by atoms with Gasteiger partial charge < -0.3 is 0 Å². The molecule has 0 bridgehead atoms. The number of H-pyrrole nitrogens is 1. The van der Waals surface area contributed by atoms with Crippen LogP contribution in [0.25, 0.3) is 22.0 Å². The summed E-state index contributed by atoms with van der Waals surface area (Å²) in [5.74, 6) is -1.37. The molecule has 2 aromatic carbocycles. The number of hydrogen-bond donors (Lipinski definition) is 1. The average molecular weight is 286 g/mol. The molecule has 1 aromatic heterocycles. The predicted molar refractivity (Wildman–Crippen MR) is 77.2 cm³/mol. The van der Waals surface area contributed by atoms with Gasteiger partial charge in [-0.25, -0.2) is 13.9 Å². The number of aryl methyl sites for hydroxylation is 2. The summed E-state index contributed by atoms with van der Waals surface area (Å²) >= 11 is 0. The van der Waals surface area contributed by atoms with Crippen LogP contribution in [0.2, 0.25) is 0 Å². The van der Waals surface area contributed by atoms with Crippen molar-refractivity contribution in [2.45, 2.75) is 13.8 Å². The van der Waals surface area contributed by atoms with Crippen molar-refractivity contribution in [2.75, 3.05) is 0 Å². The van der Waals surface area contributed by atoms with Crippen molar-refractivity contribution in [2.24, 2.45) is 0 Å². The SMILES string of the molecule is Cc1ccc(C)c2c(=O)[nH]nc(-c3ccc(F)cc3F)c12. The monoisotopic (exact) mass is 286 g/mol. The fourth-order valence-corrected chi connectivity index (χ4v) is 2.50. The Morgan fingerprint density at radius 3 is 2.33 bits per heavy atom. The Balaban J connectivity index is 2.47. The molecule has 0 spiro atoms. The molecule has 0 saturated heterocycles. The van der Waals surface area contributed by atoms with Gasteiger partial charge in [-0.05, 0) is 37.1 Å². The topological polar surface area (TPSA) is 45.8 Å². The van der Waals surface area contributed by atoms with E-state index in [0.717, 1.165) is 17.2 Å². The predicted octanol–water partition coefficient (Wildman–Crippen LogP) is 3.49. The minimum atomic E-state index is -0.711. The molecule has 106 valence electrons. The molecule has 0 saturated carbocycles. The number of nitrogens with one attached hydrogen (secondary N) is 1. The third kappa shape index (κ3) is 2.11. The highest BCUT2D eigenvalue weighted by atomic mass is 19.1. The zero-order valence-corrected chi connectivity index (χ0v) is 11.5. The van der Waals surface area contributed by atoms with Gasteiger partial charge in [0.25, 0.3) is 5.56 Å². The fourth-order valence-electron chi connectivity index (χ4n) is 2.50. The van der Waals surface area contributed by atoms with E-state index in [9.17, 15) is 13.6 Å². The van der Waals surface area contributed by atoms with Crippen molar-refractivity contribution in [1.29, 1.82) is 0 Å². The van der Waals surface area contributed by atoms with Gasteiger partial charge in [-0.2, -0.15) is 5.10 Å². The number of rotatable bonds is 1. The molecular weight excluding hydrogens is 274 g/mol. The van der Waals surface area contributed by atoms with Crippen molar-refractivity contribution < 1.29 is 8.78 Å². The second-order valence-corrected chi connectivity index (χ2v) is 4.97. The van der Waals surface area contributed by atoms with E-state index in [2.05, 4.69) is 10.2 Å². The molecule has 21 heavy (non-hydrogen) atoms. The molecule has 5 heteroatoms. The summed E-state index contributed by atoms with van der Waals surface area (Å²) in [6.45, 7) is 3.63. The van der Waals surface area contributed by atoms with Crippen LogP contribution >= 0.6 is 0 Å². The summed E-state index contributed by atoms with van der Waals surface area (Å²) in [5, 5.41) is 7.42. The van der Waals surface area contributed by atoms with E-state index in [1.165, 1.54) is 12.1 Å². The van der Waals surface area contributed by atoms with Gasteiger partial charge in [0.05, 0.1) is 5.39 Å². The summed E-state index contributed by atoms with van der Waals surface area (Å²) in [7, 11) is 0. The van der Waals surface area contributed by atoms with Crippen LogP contribution in [0.15, 0.2) is 35.1 Å². The maximum atomic E-state index is 14.0. The minimum absolute atomic E-state index is 0.159. The smallest absolute Gasteiger partial charge is 0.267 e. The lowest BCUT2D eigenvalue weighted by molar-refractivity contribution is 0.585. The van der Waals surface area contributed by atoms with Gasteiger partial charge in [-0.3, -0.25) is 4.79 Å². The van der Waals surface area contributed by atoms with E-state index in [0.29, 0.717) is 16.5 Å². The molecule has 0 radical (unpaired) electrons. The van der Waals surface area contributed by atoms with Crippen LogP contribution in [-0.2, 0) is 0 Å². The van der Waals surface area contributed by atoms with E-state index in [-0.39, 0.29) is 11.1 Å². The molecule has 0 aliphatic rings. The number of hydrogen-bond acceptors (Lipinski definition) is 2. The van der Waals surface area contributed by atoms with Crippen LogP contribution in [-0.4, -0.2) is 10.2 Å². The quantitative estimate of drug-likeness (QED) is 0.744. The zero-order valence-electron chi connectivity index (χ0n) is 11.5. The minimum Gasteiger partial charge on any atom is -0.267 e. The van der Waals surface area contributed by atoms with Crippen LogP contribution in [0.1, 0.15) is 11.1 Å². The number of aromatic nitrogens is 2. The van der Waals surface area contributed by atoms with Gasteiger partial charge in [0.2, 0.25) is 0 Å². The van der Waals surface area contributed by atoms with Crippen molar-refractivity contribution >= 4 is 10.8 Å². The lowest BCUT2D eigenvalue weighted by Gasteiger charge is -2.10. The summed E-state index contributed by atoms with van der Waals surface area (Å²) in [6, 6.07) is 6.98. The first-order valence-corrected chi connectivity index (χ1v) is 6.43. The number of benzene rings is 2. The van der Waals surface area contributed by atoms with E-state index in [4.69, 9.17) is 0 Å². The average Bonchev–Trinajstić information content (AvgIpc) is 2.44. The Labute approximate surface area is 119 Å². The first-order chi connectivity index (χ1) is 9.99. The van der Waals surface area contributed by atoms with Crippen LogP contribution in [0.5, 0.6) is 0 Å². The largest absolute Gasteiger partial charge is 0.272 e. The fraction of sp³-hybridized carbons (Fsp3) is 0.125. The van der Waals surface area contributed by atoms with E-state index >= 15 is 0 Å². The van der Waals surface area contributed by atoms with E-state index < -0.39 is 11.6 Å². The first kappa shape index (κ1) is 13.4. The molecule has 1 N–H and O–H groups in total. The highest BCUT2D eigenvalue weighted by molar-refractivity contribution is 5.97. The third-order valence-corrected chi connectivity index (χ3v) is 3.54. The molecule has 3 nitrogen and oxygen atoms in total. The molecule has 0 aliphatic carbocycles. The Morgan fingerprint density at radius 1 is 1.00 bits per heavy atom. The summed E-state index contributed by atoms with van der Waals surface area (Å²) in [4.78, 5) is 12.0. The normalized spacial score (nSPS) is 11.0. The molecule has 0 unspecified atom stereocenters. The van der Waals surface area contributed by atoms with Crippen molar-refractivity contribution in [3.8, 4) is 11.3 Å². The van der Waals surface area contributed by atoms with Crippen molar-refractivity contribution in [3.05, 3.63) is 63.4 Å². The molecule has 0 atom stereocenters. The van der Waals surface area contributed by atoms with E-state index in [1.54, 1.807) is 0 Å². The number of aromatic amines is 1. The summed E-state index contributed by atoms with van der Waals surface area (Å²) < 4.78 is 27.1. The molecule has 1 heterocycles. The lowest BCUT2D eigenvalue weighted by Crippen LogP contribution is -2.12. The van der Waals surface area contributed by atoms with Gasteiger partial charge in [0.15, 0.2) is 0 Å². The molecule has 0 aliphatic heterocycles. The van der Waals surface area contributed by atoms with Crippen LogP contribution < -0.4 is 5.56 Å². The second kappa shape index (κ2) is 4.77. The molecule has 0 amide bonds. The molecule has 3 aromatic rings. The Kier molecular flexibility index (Phi) is 3.05. The van der Waals surface area contributed by atoms with Gasteiger partial charge in [-0.1, -0.05) is 12.1 Å². The maximum Gasteiger partial charge on any atom is 0.272 e. The van der Waals surface area contributed by atoms with Gasteiger partial charge in [-0.15, -0.1) is 0 Å². The summed E-state index contributed by atoms with van der Waals surface area (Å²) in [6.07, 6.45) is 0. The highest BCUT2D eigenvalue weighted by Crippen LogP contribution is 2.30. The zero-order chi connectivity index (χ0) is 15.1.